The minimum absolute atomic E-state index is 0.262. The van der Waals surface area contributed by atoms with Crippen molar-refractivity contribution in [1.29, 1.82) is 0 Å². The Bertz CT molecular complexity index is 886. The maximum Gasteiger partial charge on any atom is 0.308 e. The minimum Gasteiger partial charge on any atom is -0.493 e. The number of piperazine rings is 1. The van der Waals surface area contributed by atoms with E-state index < -0.39 is 5.97 Å². The Morgan fingerprint density at radius 2 is 1.73 bits per heavy atom. The van der Waals surface area contributed by atoms with E-state index in [2.05, 4.69) is 16.1 Å². The monoisotopic (exact) mass is 431 g/mol. The van der Waals surface area contributed by atoms with Gasteiger partial charge in [-0.2, -0.15) is 5.10 Å². The molecule has 0 aliphatic carbocycles. The van der Waals surface area contributed by atoms with E-state index in [9.17, 15) is 4.79 Å². The van der Waals surface area contributed by atoms with E-state index in [4.69, 9.17) is 25.8 Å². The fourth-order valence-electron chi connectivity index (χ4n) is 3.25. The van der Waals surface area contributed by atoms with Gasteiger partial charge in [0.15, 0.2) is 11.5 Å². The normalized spacial score (nSPS) is 14.7. The smallest absolute Gasteiger partial charge is 0.308 e. The zero-order chi connectivity index (χ0) is 21.5. The molecular formula is C22H26ClN3O4. The van der Waals surface area contributed by atoms with Gasteiger partial charge in [-0.25, -0.2) is 0 Å². The molecule has 0 atom stereocenters. The Balaban J connectivity index is 1.62. The minimum atomic E-state index is -0.442. The molecular weight excluding hydrogens is 406 g/mol. The molecule has 160 valence electrons. The molecule has 0 saturated carbocycles. The number of ether oxygens (including phenoxy) is 3. The van der Waals surface area contributed by atoms with Gasteiger partial charge in [0.05, 0.1) is 20.4 Å². The lowest BCUT2D eigenvalue weighted by Gasteiger charge is -2.33. The Morgan fingerprint density at radius 3 is 2.30 bits per heavy atom. The van der Waals surface area contributed by atoms with Crippen LogP contribution in [0.3, 0.4) is 0 Å². The number of hydrogen-bond donors (Lipinski definition) is 0. The standard InChI is InChI=1S/C22H26ClN3O4/c1-16(27)30-22-20(28-2)12-17(13-21(22)29-3)14-24-26-10-8-25(9-11-26)15-18-6-4-5-7-19(18)23/h4-7,12-14H,8-11,15H2,1-3H3/b24-14+. The van der Waals surface area contributed by atoms with E-state index in [1.54, 1.807) is 18.3 Å². The van der Waals surface area contributed by atoms with Crippen LogP contribution >= 0.6 is 11.6 Å². The number of benzene rings is 2. The van der Waals surface area contributed by atoms with Gasteiger partial charge in [0.25, 0.3) is 0 Å². The summed E-state index contributed by atoms with van der Waals surface area (Å²) in [4.78, 5) is 13.7. The number of carbonyl (C=O) groups is 1. The molecule has 1 fully saturated rings. The van der Waals surface area contributed by atoms with Crippen molar-refractivity contribution in [3.8, 4) is 17.2 Å². The molecule has 8 heteroatoms. The van der Waals surface area contributed by atoms with Crippen molar-refractivity contribution in [3.63, 3.8) is 0 Å². The van der Waals surface area contributed by atoms with Crippen molar-refractivity contribution < 1.29 is 19.0 Å². The number of halogens is 1. The zero-order valence-electron chi connectivity index (χ0n) is 17.4. The lowest BCUT2D eigenvalue weighted by atomic mass is 10.2. The number of nitrogens with zero attached hydrogens (tertiary/aromatic N) is 3. The van der Waals surface area contributed by atoms with E-state index in [-0.39, 0.29) is 5.75 Å². The van der Waals surface area contributed by atoms with Gasteiger partial charge in [-0.15, -0.1) is 0 Å². The summed E-state index contributed by atoms with van der Waals surface area (Å²) in [5.74, 6) is 0.645. The van der Waals surface area contributed by atoms with Gasteiger partial charge in [0.2, 0.25) is 5.75 Å². The van der Waals surface area contributed by atoms with Crippen LogP contribution in [0.15, 0.2) is 41.5 Å². The SMILES string of the molecule is COc1cc(/C=N/N2CCN(Cc3ccccc3Cl)CC2)cc(OC)c1OC(C)=O. The van der Waals surface area contributed by atoms with Gasteiger partial charge >= 0.3 is 5.97 Å². The van der Waals surface area contributed by atoms with Crippen molar-refractivity contribution in [2.75, 3.05) is 40.4 Å². The van der Waals surface area contributed by atoms with Crippen LogP contribution in [0, 0.1) is 0 Å². The first-order chi connectivity index (χ1) is 14.5. The Morgan fingerprint density at radius 1 is 1.10 bits per heavy atom. The summed E-state index contributed by atoms with van der Waals surface area (Å²) in [7, 11) is 3.03. The maximum absolute atomic E-state index is 11.3. The van der Waals surface area contributed by atoms with E-state index in [0.717, 1.165) is 48.9 Å². The van der Waals surface area contributed by atoms with Gasteiger partial charge in [-0.1, -0.05) is 29.8 Å². The predicted octanol–water partition coefficient (Wildman–Crippen LogP) is 3.43. The van der Waals surface area contributed by atoms with Crippen LogP contribution in [0.4, 0.5) is 0 Å². The molecule has 1 aliphatic heterocycles. The van der Waals surface area contributed by atoms with Gasteiger partial charge in [0, 0.05) is 50.2 Å². The highest BCUT2D eigenvalue weighted by Crippen LogP contribution is 2.38. The average molecular weight is 432 g/mol. The second-order valence-corrected chi connectivity index (χ2v) is 7.32. The van der Waals surface area contributed by atoms with Crippen LogP contribution in [0.1, 0.15) is 18.1 Å². The highest BCUT2D eigenvalue weighted by Gasteiger charge is 2.18. The second-order valence-electron chi connectivity index (χ2n) is 6.91. The fourth-order valence-corrected chi connectivity index (χ4v) is 3.44. The molecule has 1 aliphatic rings. The van der Waals surface area contributed by atoms with Crippen LogP contribution in [-0.2, 0) is 11.3 Å². The summed E-state index contributed by atoms with van der Waals surface area (Å²) in [6.07, 6.45) is 1.76. The molecule has 0 N–H and O–H groups in total. The maximum atomic E-state index is 11.3. The molecule has 1 saturated heterocycles. The average Bonchev–Trinajstić information content (AvgIpc) is 2.75. The lowest BCUT2D eigenvalue weighted by Crippen LogP contribution is -2.43. The number of hydrazone groups is 1. The van der Waals surface area contributed by atoms with Crippen LogP contribution < -0.4 is 14.2 Å². The lowest BCUT2D eigenvalue weighted by molar-refractivity contribution is -0.132. The summed E-state index contributed by atoms with van der Waals surface area (Å²) in [6.45, 7) is 5.62. The quantitative estimate of drug-likeness (QED) is 0.380. The highest BCUT2D eigenvalue weighted by molar-refractivity contribution is 6.31. The topological polar surface area (TPSA) is 63.6 Å². The van der Waals surface area contributed by atoms with Crippen molar-refractivity contribution in [2.24, 2.45) is 5.10 Å². The number of hydrogen-bond acceptors (Lipinski definition) is 7. The summed E-state index contributed by atoms with van der Waals surface area (Å²) in [5, 5.41) is 7.42. The van der Waals surface area contributed by atoms with E-state index >= 15 is 0 Å². The van der Waals surface area contributed by atoms with Crippen LogP contribution in [-0.4, -0.2) is 62.5 Å². The third-order valence-corrected chi connectivity index (χ3v) is 5.17. The molecule has 0 bridgehead atoms. The number of carbonyl (C=O) groups excluding carboxylic acids is 1. The predicted molar refractivity (Wildman–Crippen MR) is 117 cm³/mol. The van der Waals surface area contributed by atoms with Gasteiger partial charge in [-0.3, -0.25) is 14.7 Å². The first-order valence-corrected chi connectivity index (χ1v) is 10.1. The Labute approximate surface area is 181 Å². The van der Waals surface area contributed by atoms with Crippen LogP contribution in [0.5, 0.6) is 17.2 Å². The number of methoxy groups -OCH3 is 2. The number of rotatable bonds is 7. The molecule has 2 aromatic rings. The third-order valence-electron chi connectivity index (χ3n) is 4.80. The first-order valence-electron chi connectivity index (χ1n) is 9.69. The van der Waals surface area contributed by atoms with Crippen LogP contribution in [0.2, 0.25) is 5.02 Å². The molecule has 0 amide bonds. The van der Waals surface area contributed by atoms with Crippen LogP contribution in [0.25, 0.3) is 0 Å². The molecule has 0 spiro atoms. The summed E-state index contributed by atoms with van der Waals surface area (Å²) in [6, 6.07) is 11.5. The molecule has 2 aromatic carbocycles. The summed E-state index contributed by atoms with van der Waals surface area (Å²) in [5.41, 5.74) is 1.93. The largest absolute Gasteiger partial charge is 0.493 e. The molecule has 0 unspecified atom stereocenters. The highest BCUT2D eigenvalue weighted by atomic mass is 35.5. The molecule has 1 heterocycles. The van der Waals surface area contributed by atoms with Gasteiger partial charge in [-0.05, 0) is 23.8 Å². The van der Waals surface area contributed by atoms with E-state index in [0.29, 0.717) is 11.5 Å². The van der Waals surface area contributed by atoms with Crippen molar-refractivity contribution in [2.45, 2.75) is 13.5 Å². The Hall–Kier alpha value is -2.77. The van der Waals surface area contributed by atoms with Gasteiger partial charge in [0.1, 0.15) is 0 Å². The molecule has 0 radical (unpaired) electrons. The fraction of sp³-hybridized carbons (Fsp3) is 0.364. The summed E-state index contributed by atoms with van der Waals surface area (Å²) < 4.78 is 15.9. The van der Waals surface area contributed by atoms with E-state index in [1.165, 1.54) is 21.1 Å². The first kappa shape index (κ1) is 21.9. The van der Waals surface area contributed by atoms with Crippen molar-refractivity contribution in [1.82, 2.24) is 9.91 Å². The molecule has 30 heavy (non-hydrogen) atoms. The third kappa shape index (κ3) is 5.64. The zero-order valence-corrected chi connectivity index (χ0v) is 18.2. The molecule has 7 nitrogen and oxygen atoms in total. The van der Waals surface area contributed by atoms with E-state index in [1.807, 2.05) is 23.2 Å². The van der Waals surface area contributed by atoms with Gasteiger partial charge < -0.3 is 14.2 Å². The van der Waals surface area contributed by atoms with Crippen molar-refractivity contribution >= 4 is 23.8 Å². The van der Waals surface area contributed by atoms with Crippen molar-refractivity contribution in [3.05, 3.63) is 52.5 Å². The molecule has 3 rings (SSSR count). The number of esters is 1. The Kier molecular flexibility index (Phi) is 7.54. The molecule has 0 aromatic heterocycles. The summed E-state index contributed by atoms with van der Waals surface area (Å²) >= 11 is 6.27. The second kappa shape index (κ2) is 10.3.